The molecule has 10 nitrogen and oxygen atoms in total. The molecule has 2 heterocycles. The summed E-state index contributed by atoms with van der Waals surface area (Å²) in [5, 5.41) is 20.9. The first-order valence-corrected chi connectivity index (χ1v) is 15.9. The molecule has 11 heteroatoms. The van der Waals surface area contributed by atoms with Crippen LogP contribution in [0.15, 0.2) is 83.7 Å². The van der Waals surface area contributed by atoms with Gasteiger partial charge in [-0.2, -0.15) is 5.10 Å². The van der Waals surface area contributed by atoms with Gasteiger partial charge in [-0.1, -0.05) is 68.8 Å². The van der Waals surface area contributed by atoms with Gasteiger partial charge in [-0.05, 0) is 60.9 Å². The summed E-state index contributed by atoms with van der Waals surface area (Å²) in [6.45, 7) is 10.6. The molecule has 0 saturated heterocycles. The maximum atomic E-state index is 13.4. The van der Waals surface area contributed by atoms with Crippen molar-refractivity contribution in [2.75, 3.05) is 12.4 Å². The molecule has 0 unspecified atom stereocenters. The first kappa shape index (κ1) is 34.1. The van der Waals surface area contributed by atoms with E-state index in [1.165, 1.54) is 6.07 Å². The number of hydrogen-bond acceptors (Lipinski definition) is 6. The minimum atomic E-state index is -0.434. The maximum Gasteiger partial charge on any atom is 0.320 e. The number of benzene rings is 3. The van der Waals surface area contributed by atoms with E-state index in [1.807, 2.05) is 88.4 Å². The fraction of sp³-hybridized carbons (Fsp3) is 0.270. The van der Waals surface area contributed by atoms with Gasteiger partial charge < -0.3 is 24.5 Å². The number of carbonyl (C=O) groups excluding carboxylic acids is 1. The van der Waals surface area contributed by atoms with Crippen molar-refractivity contribution in [3.05, 3.63) is 128 Å². The van der Waals surface area contributed by atoms with Crippen LogP contribution in [0, 0.1) is 13.8 Å². The predicted molar refractivity (Wildman–Crippen MR) is 188 cm³/mol. The van der Waals surface area contributed by atoms with Crippen LogP contribution in [0.2, 0.25) is 5.02 Å². The number of anilines is 1. The number of amides is 2. The summed E-state index contributed by atoms with van der Waals surface area (Å²) in [5.41, 5.74) is 4.87. The van der Waals surface area contributed by atoms with E-state index >= 15 is 0 Å². The number of carbonyl (C=O) groups is 1. The number of nitrogens with one attached hydrogen (secondary N) is 2. The second kappa shape index (κ2) is 14.3. The summed E-state index contributed by atoms with van der Waals surface area (Å²) in [6.07, 6.45) is 0. The number of halogens is 1. The third-order valence-corrected chi connectivity index (χ3v) is 8.33. The highest BCUT2D eigenvalue weighted by Crippen LogP contribution is 2.30. The van der Waals surface area contributed by atoms with Crippen molar-refractivity contribution in [2.24, 2.45) is 0 Å². The van der Waals surface area contributed by atoms with Gasteiger partial charge >= 0.3 is 6.03 Å². The van der Waals surface area contributed by atoms with Gasteiger partial charge in [-0.3, -0.25) is 10.1 Å². The Balaban J connectivity index is 1.28. The Bertz CT molecular complexity index is 2010. The van der Waals surface area contributed by atoms with Gasteiger partial charge in [0.15, 0.2) is 0 Å². The van der Waals surface area contributed by atoms with Crippen LogP contribution in [0.3, 0.4) is 0 Å². The number of phenols is 1. The molecule has 0 atom stereocenters. The molecule has 48 heavy (non-hydrogen) atoms. The summed E-state index contributed by atoms with van der Waals surface area (Å²) in [5.74, 6) is 1.59. The van der Waals surface area contributed by atoms with Crippen molar-refractivity contribution >= 4 is 23.4 Å². The third-order valence-electron chi connectivity index (χ3n) is 8.01. The monoisotopic (exact) mass is 669 g/mol. The van der Waals surface area contributed by atoms with E-state index in [-0.39, 0.29) is 34.9 Å². The average Bonchev–Trinajstić information content (AvgIpc) is 3.49. The molecule has 0 fully saturated rings. The summed E-state index contributed by atoms with van der Waals surface area (Å²) >= 11 is 6.02. The molecule has 2 amide bonds. The largest absolute Gasteiger partial charge is 0.506 e. The number of aryl methyl sites for hydroxylation is 1. The standard InChI is InChI=1S/C37H40ClN5O5/c1-23-16-32(24(2)35(45)42(23)21-25-10-9-13-29(17-25)47-6)48-22-27-12-8-7-11-26(27)20-39-36(46)40-34-19-33(37(3,4)5)41-43(34)28-14-15-30(38)31(44)18-28/h7-19,44H,20-22H2,1-6H3,(H2,39,40,46). The molecule has 5 aromatic rings. The maximum absolute atomic E-state index is 13.4. The van der Waals surface area contributed by atoms with Gasteiger partial charge in [-0.15, -0.1) is 0 Å². The van der Waals surface area contributed by atoms with Gasteiger partial charge in [0.1, 0.15) is 29.7 Å². The van der Waals surface area contributed by atoms with E-state index in [2.05, 4.69) is 15.7 Å². The minimum absolute atomic E-state index is 0.0871. The van der Waals surface area contributed by atoms with E-state index in [4.69, 9.17) is 21.1 Å². The number of urea groups is 1. The van der Waals surface area contributed by atoms with Crippen molar-refractivity contribution < 1.29 is 19.4 Å². The van der Waals surface area contributed by atoms with Gasteiger partial charge in [-0.25, -0.2) is 9.48 Å². The average molecular weight is 670 g/mol. The summed E-state index contributed by atoms with van der Waals surface area (Å²) < 4.78 is 14.8. The highest BCUT2D eigenvalue weighted by Gasteiger charge is 2.22. The second-order valence-corrected chi connectivity index (χ2v) is 13.0. The zero-order valence-corrected chi connectivity index (χ0v) is 28.7. The zero-order chi connectivity index (χ0) is 34.6. The Morgan fingerprint density at radius 3 is 2.44 bits per heavy atom. The summed E-state index contributed by atoms with van der Waals surface area (Å²) in [4.78, 5) is 26.5. The first-order chi connectivity index (χ1) is 22.8. The number of nitrogens with zero attached hydrogens (tertiary/aromatic N) is 3. The number of phenolic OH excluding ortho intramolecular Hbond substituents is 1. The molecular formula is C37H40ClN5O5. The number of hydrogen-bond donors (Lipinski definition) is 3. The molecule has 0 radical (unpaired) electrons. The molecule has 0 aliphatic rings. The van der Waals surface area contributed by atoms with E-state index < -0.39 is 6.03 Å². The van der Waals surface area contributed by atoms with Gasteiger partial charge in [0.25, 0.3) is 5.56 Å². The van der Waals surface area contributed by atoms with Crippen LogP contribution in [0.5, 0.6) is 17.2 Å². The molecule has 0 spiro atoms. The van der Waals surface area contributed by atoms with Crippen LogP contribution in [-0.2, 0) is 25.1 Å². The zero-order valence-electron chi connectivity index (χ0n) is 27.9. The smallest absolute Gasteiger partial charge is 0.320 e. The quantitative estimate of drug-likeness (QED) is 0.144. The molecule has 0 bridgehead atoms. The minimum Gasteiger partial charge on any atom is -0.506 e. The van der Waals surface area contributed by atoms with E-state index in [1.54, 1.807) is 35.4 Å². The Morgan fingerprint density at radius 1 is 0.979 bits per heavy atom. The van der Waals surface area contributed by atoms with Crippen molar-refractivity contribution in [1.82, 2.24) is 19.7 Å². The first-order valence-electron chi connectivity index (χ1n) is 15.5. The fourth-order valence-corrected chi connectivity index (χ4v) is 5.29. The third kappa shape index (κ3) is 7.83. The molecular weight excluding hydrogens is 630 g/mol. The fourth-order valence-electron chi connectivity index (χ4n) is 5.17. The van der Waals surface area contributed by atoms with Gasteiger partial charge in [0.05, 0.1) is 35.6 Å². The SMILES string of the molecule is COc1cccc(Cn2c(C)cc(OCc3ccccc3CNC(=O)Nc3cc(C(C)(C)C)nn3-c3ccc(Cl)c(O)c3)c(C)c2=O)c1. The van der Waals surface area contributed by atoms with Gasteiger partial charge in [0, 0.05) is 29.8 Å². The molecule has 0 saturated carbocycles. The van der Waals surface area contributed by atoms with Crippen LogP contribution in [0.25, 0.3) is 5.69 Å². The number of aromatic hydroxyl groups is 1. The Kier molecular flexibility index (Phi) is 10.1. The van der Waals surface area contributed by atoms with Crippen LogP contribution in [-0.4, -0.2) is 32.6 Å². The topological polar surface area (TPSA) is 120 Å². The molecule has 0 aliphatic carbocycles. The van der Waals surface area contributed by atoms with Crippen molar-refractivity contribution in [1.29, 1.82) is 0 Å². The van der Waals surface area contributed by atoms with Crippen LogP contribution < -0.4 is 25.7 Å². The number of aromatic nitrogens is 3. The predicted octanol–water partition coefficient (Wildman–Crippen LogP) is 7.26. The van der Waals surface area contributed by atoms with Crippen molar-refractivity contribution in [3.8, 4) is 22.9 Å². The van der Waals surface area contributed by atoms with E-state index in [0.717, 1.165) is 33.8 Å². The number of ether oxygens (including phenoxy) is 2. The Hall–Kier alpha value is -5.22. The van der Waals surface area contributed by atoms with E-state index in [0.29, 0.717) is 29.4 Å². The van der Waals surface area contributed by atoms with Crippen LogP contribution in [0.1, 0.15) is 54.4 Å². The van der Waals surface area contributed by atoms with Crippen molar-refractivity contribution in [3.63, 3.8) is 0 Å². The Morgan fingerprint density at radius 2 is 1.73 bits per heavy atom. The highest BCUT2D eigenvalue weighted by atomic mass is 35.5. The van der Waals surface area contributed by atoms with Gasteiger partial charge in [0.2, 0.25) is 0 Å². The van der Waals surface area contributed by atoms with Crippen LogP contribution in [0.4, 0.5) is 10.6 Å². The molecule has 250 valence electrons. The lowest BCUT2D eigenvalue weighted by molar-refractivity contribution is 0.251. The number of rotatable bonds is 10. The molecule has 2 aromatic heterocycles. The second-order valence-electron chi connectivity index (χ2n) is 12.6. The number of methoxy groups -OCH3 is 1. The van der Waals surface area contributed by atoms with Crippen LogP contribution >= 0.6 is 11.6 Å². The summed E-state index contributed by atoms with van der Waals surface area (Å²) in [7, 11) is 1.62. The molecule has 3 aromatic carbocycles. The lowest BCUT2D eigenvalue weighted by Gasteiger charge is -2.17. The highest BCUT2D eigenvalue weighted by molar-refractivity contribution is 6.32. The number of pyridine rings is 1. The molecule has 0 aliphatic heterocycles. The normalized spacial score (nSPS) is 11.3. The lowest BCUT2D eigenvalue weighted by atomic mass is 9.92. The van der Waals surface area contributed by atoms with Crippen molar-refractivity contribution in [2.45, 2.75) is 59.7 Å². The summed E-state index contributed by atoms with van der Waals surface area (Å²) in [6, 6.07) is 23.3. The van der Waals surface area contributed by atoms with E-state index in [9.17, 15) is 14.7 Å². The molecule has 3 N–H and O–H groups in total. The Labute approximate surface area is 284 Å². The molecule has 5 rings (SSSR count). The lowest BCUT2D eigenvalue weighted by Crippen LogP contribution is -2.29.